The highest BCUT2D eigenvalue weighted by Gasteiger charge is 2.31. The van der Waals surface area contributed by atoms with Gasteiger partial charge in [0.25, 0.3) is 0 Å². The number of halogens is 3. The second-order valence-electron chi connectivity index (χ2n) is 6.75. The maximum absolute atomic E-state index is 12.4. The normalized spacial score (nSPS) is 14.4. The first kappa shape index (κ1) is 23.0. The van der Waals surface area contributed by atoms with Crippen molar-refractivity contribution >= 4 is 11.7 Å². The van der Waals surface area contributed by atoms with Gasteiger partial charge < -0.3 is 15.0 Å². The fourth-order valence-electron chi connectivity index (χ4n) is 3.27. The molecular weight excluding hydrogens is 397 g/mol. The lowest BCUT2D eigenvalue weighted by atomic mass is 10.0. The Hall–Kier alpha value is -3.28. The zero-order valence-electron chi connectivity index (χ0n) is 16.7. The van der Waals surface area contributed by atoms with Crippen LogP contribution >= 0.6 is 0 Å². The van der Waals surface area contributed by atoms with Crippen LogP contribution in [-0.4, -0.2) is 41.4 Å². The molecule has 9 heteroatoms. The maximum atomic E-state index is 12.4. The van der Waals surface area contributed by atoms with Crippen molar-refractivity contribution in [3.63, 3.8) is 0 Å². The van der Waals surface area contributed by atoms with E-state index in [1.165, 1.54) is 19.3 Å². The maximum Gasteiger partial charge on any atom is 0.573 e. The van der Waals surface area contributed by atoms with E-state index in [0.29, 0.717) is 16.8 Å². The molecule has 0 unspecified atom stereocenters. The Morgan fingerprint density at radius 1 is 1.20 bits per heavy atom. The van der Waals surface area contributed by atoms with Crippen molar-refractivity contribution in [2.75, 3.05) is 18.0 Å². The fraction of sp³-hybridized carbons (Fsp3) is 0.381. The SMILES string of the molecule is C#C.CC(=O)NC1CCN(c2cc(-c3ccc(OC(F)(F)F)c(C)c3)ncn2)CC1. The first-order valence-electron chi connectivity index (χ1n) is 9.25. The molecule has 0 spiro atoms. The van der Waals surface area contributed by atoms with Crippen LogP contribution < -0.4 is 15.0 Å². The lowest BCUT2D eigenvalue weighted by Crippen LogP contribution is -2.44. The lowest BCUT2D eigenvalue weighted by Gasteiger charge is -2.33. The van der Waals surface area contributed by atoms with Crippen LogP contribution in [0.4, 0.5) is 19.0 Å². The van der Waals surface area contributed by atoms with Crippen LogP contribution in [0.5, 0.6) is 5.75 Å². The summed E-state index contributed by atoms with van der Waals surface area (Å²) in [7, 11) is 0. The van der Waals surface area contributed by atoms with Crippen LogP contribution in [0, 0.1) is 19.8 Å². The molecule has 1 aromatic carbocycles. The summed E-state index contributed by atoms with van der Waals surface area (Å²) >= 11 is 0. The van der Waals surface area contributed by atoms with Gasteiger partial charge in [0.2, 0.25) is 5.91 Å². The first-order valence-corrected chi connectivity index (χ1v) is 9.25. The Kier molecular flexibility index (Phi) is 7.64. The monoisotopic (exact) mass is 420 g/mol. The number of rotatable bonds is 4. The Bertz CT molecular complexity index is 891. The number of carbonyl (C=O) groups excluding carboxylic acids is 1. The number of anilines is 1. The largest absolute Gasteiger partial charge is 0.573 e. The van der Waals surface area contributed by atoms with Crippen LogP contribution in [0.1, 0.15) is 25.3 Å². The molecule has 0 atom stereocenters. The summed E-state index contributed by atoms with van der Waals surface area (Å²) in [5, 5.41) is 2.93. The Morgan fingerprint density at radius 2 is 1.87 bits per heavy atom. The Balaban J connectivity index is 0.00000155. The van der Waals surface area contributed by atoms with Crippen LogP contribution in [-0.2, 0) is 4.79 Å². The smallest absolute Gasteiger partial charge is 0.406 e. The van der Waals surface area contributed by atoms with Crippen molar-refractivity contribution in [2.45, 2.75) is 39.1 Å². The van der Waals surface area contributed by atoms with Crippen molar-refractivity contribution in [1.82, 2.24) is 15.3 Å². The quantitative estimate of drug-likeness (QED) is 0.764. The van der Waals surface area contributed by atoms with Gasteiger partial charge in [-0.15, -0.1) is 26.0 Å². The number of alkyl halides is 3. The predicted octanol–water partition coefficient (Wildman–Crippen LogP) is 3.70. The molecule has 0 radical (unpaired) electrons. The molecule has 160 valence electrons. The minimum absolute atomic E-state index is 0.0314. The molecule has 1 aliphatic rings. The van der Waals surface area contributed by atoms with E-state index in [1.807, 2.05) is 6.07 Å². The van der Waals surface area contributed by atoms with Gasteiger partial charge in [-0.25, -0.2) is 9.97 Å². The van der Waals surface area contributed by atoms with Gasteiger partial charge in [-0.3, -0.25) is 4.79 Å². The highest BCUT2D eigenvalue weighted by molar-refractivity contribution is 5.73. The molecule has 2 heterocycles. The second kappa shape index (κ2) is 9.96. The molecule has 2 aromatic rings. The average molecular weight is 420 g/mol. The Labute approximate surface area is 173 Å². The van der Waals surface area contributed by atoms with Crippen molar-refractivity contribution in [3.05, 3.63) is 36.2 Å². The molecule has 0 aliphatic carbocycles. The number of hydrogen-bond acceptors (Lipinski definition) is 5. The van der Waals surface area contributed by atoms with Gasteiger partial charge in [-0.1, -0.05) is 0 Å². The van der Waals surface area contributed by atoms with Gasteiger partial charge in [0, 0.05) is 37.7 Å². The molecule has 1 amide bonds. The van der Waals surface area contributed by atoms with Gasteiger partial charge in [0.15, 0.2) is 0 Å². The third-order valence-electron chi connectivity index (χ3n) is 4.58. The van der Waals surface area contributed by atoms with E-state index in [2.05, 4.69) is 37.8 Å². The Morgan fingerprint density at radius 3 is 2.43 bits per heavy atom. The number of nitrogens with one attached hydrogen (secondary N) is 1. The third kappa shape index (κ3) is 6.37. The van der Waals surface area contributed by atoms with Crippen LogP contribution in [0.2, 0.25) is 0 Å². The first-order chi connectivity index (χ1) is 14.2. The number of benzene rings is 1. The van der Waals surface area contributed by atoms with Crippen molar-refractivity contribution in [2.24, 2.45) is 0 Å². The topological polar surface area (TPSA) is 67.4 Å². The summed E-state index contributed by atoms with van der Waals surface area (Å²) in [5.74, 6) is 0.487. The van der Waals surface area contributed by atoms with Gasteiger partial charge in [0.1, 0.15) is 17.9 Å². The predicted molar refractivity (Wildman–Crippen MR) is 108 cm³/mol. The number of ether oxygens (including phenoxy) is 1. The molecule has 6 nitrogen and oxygen atoms in total. The highest BCUT2D eigenvalue weighted by Crippen LogP contribution is 2.30. The number of nitrogens with zero attached hydrogens (tertiary/aromatic N) is 3. The molecule has 1 fully saturated rings. The summed E-state index contributed by atoms with van der Waals surface area (Å²) in [4.78, 5) is 21.8. The number of terminal acetylenes is 1. The van der Waals surface area contributed by atoms with Crippen molar-refractivity contribution < 1.29 is 22.7 Å². The van der Waals surface area contributed by atoms with Crippen LogP contribution in [0.3, 0.4) is 0 Å². The van der Waals surface area contributed by atoms with Crippen LogP contribution in [0.25, 0.3) is 11.3 Å². The molecule has 0 saturated carbocycles. The zero-order valence-corrected chi connectivity index (χ0v) is 16.7. The molecule has 30 heavy (non-hydrogen) atoms. The molecule has 1 aromatic heterocycles. The highest BCUT2D eigenvalue weighted by atomic mass is 19.4. The summed E-state index contributed by atoms with van der Waals surface area (Å²) in [6.07, 6.45) is 6.36. The standard InChI is InChI=1S/C19H21F3N4O2.C2H2/c1-12-9-14(3-4-17(12)28-19(20,21)22)16-10-18(24-11-23-16)26-7-5-15(6-8-26)25-13(2)27;1-2/h3-4,9-11,15H,5-8H2,1-2H3,(H,25,27);1-2H. The van der Waals surface area contributed by atoms with Crippen LogP contribution in [0.15, 0.2) is 30.6 Å². The van der Waals surface area contributed by atoms with E-state index >= 15 is 0 Å². The number of aromatic nitrogens is 2. The third-order valence-corrected chi connectivity index (χ3v) is 4.58. The number of hydrogen-bond donors (Lipinski definition) is 1. The molecule has 3 rings (SSSR count). The van der Waals surface area contributed by atoms with Gasteiger partial charge >= 0.3 is 6.36 Å². The van der Waals surface area contributed by atoms with Gasteiger partial charge in [-0.2, -0.15) is 0 Å². The molecule has 0 bridgehead atoms. The van der Waals surface area contributed by atoms with Crippen molar-refractivity contribution in [3.8, 4) is 29.9 Å². The number of piperidine rings is 1. The molecule has 1 saturated heterocycles. The van der Waals surface area contributed by atoms with E-state index in [4.69, 9.17) is 0 Å². The summed E-state index contributed by atoms with van der Waals surface area (Å²) in [6, 6.07) is 6.43. The summed E-state index contributed by atoms with van der Waals surface area (Å²) in [5.41, 5.74) is 1.67. The minimum atomic E-state index is -4.72. The molecule has 1 N–H and O–H groups in total. The fourth-order valence-corrected chi connectivity index (χ4v) is 3.27. The second-order valence-corrected chi connectivity index (χ2v) is 6.75. The average Bonchev–Trinajstić information content (AvgIpc) is 2.70. The van der Waals surface area contributed by atoms with Gasteiger partial charge in [-0.05, 0) is 43.5 Å². The summed E-state index contributed by atoms with van der Waals surface area (Å²) < 4.78 is 41.3. The van der Waals surface area contributed by atoms with E-state index in [-0.39, 0.29) is 17.7 Å². The van der Waals surface area contributed by atoms with E-state index in [1.54, 1.807) is 19.1 Å². The number of amides is 1. The molecular formula is C21H23F3N4O2. The number of carbonyl (C=O) groups is 1. The van der Waals surface area contributed by atoms with Gasteiger partial charge in [0.05, 0.1) is 5.69 Å². The van der Waals surface area contributed by atoms with E-state index in [9.17, 15) is 18.0 Å². The summed E-state index contributed by atoms with van der Waals surface area (Å²) in [6.45, 7) is 4.56. The van der Waals surface area contributed by atoms with Crippen molar-refractivity contribution in [1.29, 1.82) is 0 Å². The zero-order chi connectivity index (χ0) is 22.3. The van der Waals surface area contributed by atoms with E-state index in [0.717, 1.165) is 31.7 Å². The number of aryl methyl sites for hydroxylation is 1. The van der Waals surface area contributed by atoms with E-state index < -0.39 is 6.36 Å². The molecule has 1 aliphatic heterocycles. The minimum Gasteiger partial charge on any atom is -0.406 e. The lowest BCUT2D eigenvalue weighted by molar-refractivity contribution is -0.274.